The van der Waals surface area contributed by atoms with Crippen molar-refractivity contribution in [2.45, 2.75) is 0 Å². The Hall–Kier alpha value is -1.69. The molecule has 0 atom stereocenters. The zero-order valence-electron chi connectivity index (χ0n) is 13.5. The highest BCUT2D eigenvalue weighted by molar-refractivity contribution is 9.10. The lowest BCUT2D eigenvalue weighted by atomic mass is 10.1. The van der Waals surface area contributed by atoms with E-state index in [0.717, 1.165) is 43.0 Å². The number of halogens is 1. The third kappa shape index (κ3) is 4.23. The van der Waals surface area contributed by atoms with Crippen molar-refractivity contribution in [3.63, 3.8) is 0 Å². The van der Waals surface area contributed by atoms with Crippen molar-refractivity contribution >= 4 is 27.5 Å². The summed E-state index contributed by atoms with van der Waals surface area (Å²) < 4.78 is 6.22. The van der Waals surface area contributed by atoms with Crippen LogP contribution in [0.2, 0.25) is 0 Å². The summed E-state index contributed by atoms with van der Waals surface area (Å²) >= 11 is 3.49. The molecule has 0 radical (unpaired) electrons. The first-order chi connectivity index (χ1) is 11.8. The average Bonchev–Trinajstić information content (AvgIpc) is 2.64. The van der Waals surface area contributed by atoms with Crippen LogP contribution in [0.5, 0.6) is 0 Å². The summed E-state index contributed by atoms with van der Waals surface area (Å²) in [5.41, 5.74) is 1.61. The Morgan fingerprint density at radius 2 is 1.71 bits per heavy atom. The molecule has 1 fully saturated rings. The number of amides is 1. The molecule has 1 heterocycles. The summed E-state index contributed by atoms with van der Waals surface area (Å²) in [4.78, 5) is 17.3. The fourth-order valence-electron chi connectivity index (χ4n) is 2.80. The number of ether oxygens (including phenoxy) is 1. The maximum atomic E-state index is 13.1. The van der Waals surface area contributed by atoms with Gasteiger partial charge in [0, 0.05) is 36.3 Å². The second kappa shape index (κ2) is 8.42. The van der Waals surface area contributed by atoms with E-state index in [1.807, 2.05) is 59.5 Å². The molecule has 0 unspecified atom stereocenters. The second-order valence-electron chi connectivity index (χ2n) is 5.73. The first-order valence-corrected chi connectivity index (χ1v) is 8.96. The van der Waals surface area contributed by atoms with Crippen LogP contribution in [-0.4, -0.2) is 50.2 Å². The summed E-state index contributed by atoms with van der Waals surface area (Å²) in [6.07, 6.45) is 0. The maximum Gasteiger partial charge on any atom is 0.259 e. The minimum absolute atomic E-state index is 0.0157. The monoisotopic (exact) mass is 388 g/mol. The van der Waals surface area contributed by atoms with Crippen LogP contribution in [0, 0.1) is 0 Å². The highest BCUT2D eigenvalue weighted by Crippen LogP contribution is 2.22. The molecule has 0 bridgehead atoms. The van der Waals surface area contributed by atoms with Gasteiger partial charge in [-0.15, -0.1) is 0 Å². The predicted molar refractivity (Wildman–Crippen MR) is 99.5 cm³/mol. The SMILES string of the molecule is O=C(c1ccccc1Br)N(CCN1CCOCC1)c1ccccc1. The van der Waals surface area contributed by atoms with Crippen molar-refractivity contribution in [1.82, 2.24) is 4.90 Å². The first kappa shape index (κ1) is 17.1. The van der Waals surface area contributed by atoms with Gasteiger partial charge >= 0.3 is 0 Å². The zero-order valence-corrected chi connectivity index (χ0v) is 15.1. The maximum absolute atomic E-state index is 13.1. The van der Waals surface area contributed by atoms with Crippen LogP contribution in [0.3, 0.4) is 0 Å². The van der Waals surface area contributed by atoms with Crippen LogP contribution in [0.15, 0.2) is 59.1 Å². The lowest BCUT2D eigenvalue weighted by molar-refractivity contribution is 0.0391. The van der Waals surface area contributed by atoms with Crippen molar-refractivity contribution in [1.29, 1.82) is 0 Å². The molecule has 0 saturated carbocycles. The Bertz CT molecular complexity index is 672. The number of benzene rings is 2. The van der Waals surface area contributed by atoms with Gasteiger partial charge in [-0.1, -0.05) is 30.3 Å². The lowest BCUT2D eigenvalue weighted by Crippen LogP contribution is -2.43. The molecule has 24 heavy (non-hydrogen) atoms. The topological polar surface area (TPSA) is 32.8 Å². The van der Waals surface area contributed by atoms with Crippen LogP contribution in [0.4, 0.5) is 5.69 Å². The quantitative estimate of drug-likeness (QED) is 0.786. The summed E-state index contributed by atoms with van der Waals surface area (Å²) in [7, 11) is 0. The highest BCUT2D eigenvalue weighted by atomic mass is 79.9. The van der Waals surface area contributed by atoms with Gasteiger partial charge in [-0.3, -0.25) is 9.69 Å². The Morgan fingerprint density at radius 1 is 1.04 bits per heavy atom. The third-order valence-corrected chi connectivity index (χ3v) is 4.85. The molecule has 0 spiro atoms. The number of hydrogen-bond acceptors (Lipinski definition) is 3. The van der Waals surface area contributed by atoms with E-state index in [4.69, 9.17) is 4.74 Å². The molecule has 1 aliphatic heterocycles. The Balaban J connectivity index is 1.79. The zero-order chi connectivity index (χ0) is 16.8. The lowest BCUT2D eigenvalue weighted by Gasteiger charge is -2.30. The molecule has 1 aliphatic rings. The van der Waals surface area contributed by atoms with E-state index < -0.39 is 0 Å². The molecule has 4 nitrogen and oxygen atoms in total. The molecular weight excluding hydrogens is 368 g/mol. The summed E-state index contributed by atoms with van der Waals surface area (Å²) in [6.45, 7) is 4.88. The average molecular weight is 389 g/mol. The molecular formula is C19H21BrN2O2. The van der Waals surface area contributed by atoms with Gasteiger partial charge in [-0.05, 0) is 40.2 Å². The van der Waals surface area contributed by atoms with Crippen molar-refractivity contribution in [3.8, 4) is 0 Å². The van der Waals surface area contributed by atoms with Crippen molar-refractivity contribution in [3.05, 3.63) is 64.6 Å². The molecule has 5 heteroatoms. The number of anilines is 1. The Morgan fingerprint density at radius 3 is 2.42 bits per heavy atom. The fraction of sp³-hybridized carbons (Fsp3) is 0.316. The van der Waals surface area contributed by atoms with E-state index in [2.05, 4.69) is 20.8 Å². The van der Waals surface area contributed by atoms with Gasteiger partial charge in [-0.2, -0.15) is 0 Å². The molecule has 0 aliphatic carbocycles. The van der Waals surface area contributed by atoms with E-state index in [9.17, 15) is 4.79 Å². The summed E-state index contributed by atoms with van der Waals surface area (Å²) in [6, 6.07) is 17.4. The van der Waals surface area contributed by atoms with E-state index >= 15 is 0 Å². The smallest absolute Gasteiger partial charge is 0.259 e. The predicted octanol–water partition coefficient (Wildman–Crippen LogP) is 3.43. The number of rotatable bonds is 5. The second-order valence-corrected chi connectivity index (χ2v) is 6.58. The van der Waals surface area contributed by atoms with Crippen LogP contribution in [0.1, 0.15) is 10.4 Å². The normalized spacial score (nSPS) is 15.2. The molecule has 126 valence electrons. The number of morpholine rings is 1. The standard InChI is InChI=1S/C19H21BrN2O2/c20-18-9-5-4-8-17(18)19(23)22(16-6-2-1-3-7-16)11-10-21-12-14-24-15-13-21/h1-9H,10-15H2. The van der Waals surface area contributed by atoms with E-state index in [0.29, 0.717) is 12.1 Å². The fourth-order valence-corrected chi connectivity index (χ4v) is 3.26. The highest BCUT2D eigenvalue weighted by Gasteiger charge is 2.21. The van der Waals surface area contributed by atoms with Crippen molar-refractivity contribution in [2.24, 2.45) is 0 Å². The first-order valence-electron chi connectivity index (χ1n) is 8.17. The van der Waals surface area contributed by atoms with Gasteiger partial charge in [0.15, 0.2) is 0 Å². The Kier molecular flexibility index (Phi) is 6.01. The molecule has 0 aromatic heterocycles. The number of para-hydroxylation sites is 1. The van der Waals surface area contributed by atoms with Gasteiger partial charge in [0.05, 0.1) is 18.8 Å². The number of carbonyl (C=O) groups is 1. The largest absolute Gasteiger partial charge is 0.379 e. The van der Waals surface area contributed by atoms with Crippen molar-refractivity contribution in [2.75, 3.05) is 44.3 Å². The van der Waals surface area contributed by atoms with Crippen LogP contribution in [-0.2, 0) is 4.74 Å². The number of carbonyl (C=O) groups excluding carboxylic acids is 1. The number of nitrogens with zero attached hydrogens (tertiary/aromatic N) is 2. The molecule has 0 N–H and O–H groups in total. The molecule has 1 amide bonds. The van der Waals surface area contributed by atoms with E-state index in [1.54, 1.807) is 0 Å². The van der Waals surface area contributed by atoms with E-state index in [1.165, 1.54) is 0 Å². The van der Waals surface area contributed by atoms with Gasteiger partial charge in [0.25, 0.3) is 5.91 Å². The molecule has 2 aromatic carbocycles. The summed E-state index contributed by atoms with van der Waals surface area (Å²) in [5, 5.41) is 0. The van der Waals surface area contributed by atoms with Gasteiger partial charge in [0.2, 0.25) is 0 Å². The van der Waals surface area contributed by atoms with Gasteiger partial charge < -0.3 is 9.64 Å². The van der Waals surface area contributed by atoms with Crippen molar-refractivity contribution < 1.29 is 9.53 Å². The number of hydrogen-bond donors (Lipinski definition) is 0. The molecule has 3 rings (SSSR count). The summed E-state index contributed by atoms with van der Waals surface area (Å²) in [5.74, 6) is 0.0157. The van der Waals surface area contributed by atoms with Gasteiger partial charge in [0.1, 0.15) is 0 Å². The van der Waals surface area contributed by atoms with Crippen LogP contribution in [0.25, 0.3) is 0 Å². The Labute approximate surface area is 151 Å². The third-order valence-electron chi connectivity index (χ3n) is 4.16. The molecule has 2 aromatic rings. The molecule has 1 saturated heterocycles. The minimum Gasteiger partial charge on any atom is -0.379 e. The van der Waals surface area contributed by atoms with Crippen LogP contribution >= 0.6 is 15.9 Å². The minimum atomic E-state index is 0.0157. The van der Waals surface area contributed by atoms with E-state index in [-0.39, 0.29) is 5.91 Å². The van der Waals surface area contributed by atoms with Gasteiger partial charge in [-0.25, -0.2) is 0 Å². The van der Waals surface area contributed by atoms with Crippen LogP contribution < -0.4 is 4.90 Å².